The summed E-state index contributed by atoms with van der Waals surface area (Å²) in [6.07, 6.45) is 7.16. The third-order valence-electron chi connectivity index (χ3n) is 5.57. The zero-order valence-corrected chi connectivity index (χ0v) is 16.0. The molecule has 0 bridgehead atoms. The monoisotopic (exact) mass is 375 g/mol. The number of imidazole rings is 1. The highest BCUT2D eigenvalue weighted by Crippen LogP contribution is 2.29. The van der Waals surface area contributed by atoms with Crippen LogP contribution in [-0.4, -0.2) is 31.4 Å². The number of aliphatic hydroxyl groups is 1. The molecule has 4 rings (SSSR count). The SMILES string of the molecule is Cn1cc(CN[C@@H]2CC(Cn3ccnc3-c3ccccc3)C[C@H]2O)cc1C#N. The van der Waals surface area contributed by atoms with Crippen molar-refractivity contribution < 1.29 is 5.11 Å². The Morgan fingerprint density at radius 2 is 2.11 bits per heavy atom. The molecule has 0 amide bonds. The molecule has 1 fully saturated rings. The third-order valence-corrected chi connectivity index (χ3v) is 5.57. The minimum atomic E-state index is -0.354. The largest absolute Gasteiger partial charge is 0.391 e. The summed E-state index contributed by atoms with van der Waals surface area (Å²) < 4.78 is 4.01. The number of hydrogen-bond acceptors (Lipinski definition) is 4. The number of nitrogens with zero attached hydrogens (tertiary/aromatic N) is 4. The predicted octanol–water partition coefficient (Wildman–Crippen LogP) is 2.69. The van der Waals surface area contributed by atoms with Gasteiger partial charge < -0.3 is 19.6 Å². The van der Waals surface area contributed by atoms with Gasteiger partial charge in [-0.2, -0.15) is 5.26 Å². The van der Waals surface area contributed by atoms with Gasteiger partial charge >= 0.3 is 0 Å². The summed E-state index contributed by atoms with van der Waals surface area (Å²) in [5.74, 6) is 1.37. The molecule has 6 heteroatoms. The Labute approximate surface area is 165 Å². The molecule has 0 saturated heterocycles. The van der Waals surface area contributed by atoms with Gasteiger partial charge in [-0.05, 0) is 30.4 Å². The fourth-order valence-electron chi connectivity index (χ4n) is 4.16. The van der Waals surface area contributed by atoms with Crippen molar-refractivity contribution in [2.75, 3.05) is 0 Å². The fourth-order valence-corrected chi connectivity index (χ4v) is 4.16. The van der Waals surface area contributed by atoms with E-state index in [1.54, 1.807) is 0 Å². The Morgan fingerprint density at radius 1 is 1.29 bits per heavy atom. The Morgan fingerprint density at radius 3 is 2.86 bits per heavy atom. The minimum absolute atomic E-state index is 0.0689. The first-order valence-corrected chi connectivity index (χ1v) is 9.67. The first-order valence-electron chi connectivity index (χ1n) is 9.67. The van der Waals surface area contributed by atoms with Crippen molar-refractivity contribution in [3.05, 3.63) is 66.2 Å². The van der Waals surface area contributed by atoms with Gasteiger partial charge in [-0.15, -0.1) is 0 Å². The van der Waals surface area contributed by atoms with Gasteiger partial charge in [-0.3, -0.25) is 0 Å². The van der Waals surface area contributed by atoms with E-state index in [9.17, 15) is 5.11 Å². The van der Waals surface area contributed by atoms with E-state index in [1.165, 1.54) is 0 Å². The minimum Gasteiger partial charge on any atom is -0.391 e. The van der Waals surface area contributed by atoms with Crippen LogP contribution >= 0.6 is 0 Å². The topological polar surface area (TPSA) is 78.8 Å². The summed E-state index contributed by atoms with van der Waals surface area (Å²) in [5, 5.41) is 23.1. The molecule has 1 aliphatic carbocycles. The first-order chi connectivity index (χ1) is 13.6. The van der Waals surface area contributed by atoms with Crippen LogP contribution in [0, 0.1) is 17.2 Å². The second-order valence-electron chi connectivity index (χ2n) is 7.62. The van der Waals surface area contributed by atoms with Crippen LogP contribution in [0.1, 0.15) is 24.1 Å². The van der Waals surface area contributed by atoms with E-state index in [0.29, 0.717) is 18.2 Å². The Balaban J connectivity index is 1.37. The summed E-state index contributed by atoms with van der Waals surface area (Å²) in [5.41, 5.74) is 2.82. The smallest absolute Gasteiger partial charge is 0.139 e. The summed E-state index contributed by atoms with van der Waals surface area (Å²) in [7, 11) is 1.87. The maximum atomic E-state index is 10.5. The maximum absolute atomic E-state index is 10.5. The van der Waals surface area contributed by atoms with Crippen molar-refractivity contribution in [1.82, 2.24) is 19.4 Å². The van der Waals surface area contributed by atoms with Crippen molar-refractivity contribution >= 4 is 0 Å². The lowest BCUT2D eigenvalue weighted by Crippen LogP contribution is -2.35. The molecule has 144 valence electrons. The van der Waals surface area contributed by atoms with Crippen LogP contribution in [-0.2, 0) is 20.1 Å². The van der Waals surface area contributed by atoms with Crippen LogP contribution in [0.25, 0.3) is 11.4 Å². The predicted molar refractivity (Wildman–Crippen MR) is 107 cm³/mol. The van der Waals surface area contributed by atoms with E-state index >= 15 is 0 Å². The molecule has 1 unspecified atom stereocenters. The first kappa shape index (κ1) is 18.5. The number of aliphatic hydroxyl groups excluding tert-OH is 1. The van der Waals surface area contributed by atoms with E-state index < -0.39 is 0 Å². The molecule has 2 heterocycles. The number of aryl methyl sites for hydroxylation is 1. The average molecular weight is 375 g/mol. The quantitative estimate of drug-likeness (QED) is 0.694. The van der Waals surface area contributed by atoms with Crippen LogP contribution in [0.4, 0.5) is 0 Å². The summed E-state index contributed by atoms with van der Waals surface area (Å²) in [6.45, 7) is 1.51. The van der Waals surface area contributed by atoms with Gasteiger partial charge in [0.25, 0.3) is 0 Å². The molecule has 3 aromatic rings. The Bertz CT molecular complexity index is 968. The molecular weight excluding hydrogens is 350 g/mol. The van der Waals surface area contributed by atoms with Crippen LogP contribution in [0.15, 0.2) is 55.0 Å². The highest BCUT2D eigenvalue weighted by Gasteiger charge is 2.33. The van der Waals surface area contributed by atoms with Crippen molar-refractivity contribution in [3.63, 3.8) is 0 Å². The molecule has 1 saturated carbocycles. The van der Waals surface area contributed by atoms with Gasteiger partial charge in [0.2, 0.25) is 0 Å². The molecule has 2 N–H and O–H groups in total. The number of nitrogens with one attached hydrogen (secondary N) is 1. The molecule has 6 nitrogen and oxygen atoms in total. The molecule has 0 aliphatic heterocycles. The highest BCUT2D eigenvalue weighted by atomic mass is 16.3. The molecule has 28 heavy (non-hydrogen) atoms. The van der Waals surface area contributed by atoms with Gasteiger partial charge in [0.05, 0.1) is 6.10 Å². The molecule has 3 atom stereocenters. The van der Waals surface area contributed by atoms with Gasteiger partial charge in [0.15, 0.2) is 0 Å². The summed E-state index contributed by atoms with van der Waals surface area (Å²) in [4.78, 5) is 4.52. The lowest BCUT2D eigenvalue weighted by atomic mass is 10.1. The Kier molecular flexibility index (Phi) is 5.29. The zero-order valence-electron chi connectivity index (χ0n) is 16.0. The molecular formula is C22H25N5O. The van der Waals surface area contributed by atoms with Gasteiger partial charge in [0.1, 0.15) is 17.6 Å². The van der Waals surface area contributed by atoms with Crippen LogP contribution in [0.2, 0.25) is 0 Å². The van der Waals surface area contributed by atoms with Crippen molar-refractivity contribution in [2.24, 2.45) is 13.0 Å². The van der Waals surface area contributed by atoms with Crippen molar-refractivity contribution in [1.29, 1.82) is 5.26 Å². The van der Waals surface area contributed by atoms with E-state index in [2.05, 4.69) is 33.1 Å². The van der Waals surface area contributed by atoms with Crippen LogP contribution in [0.3, 0.4) is 0 Å². The average Bonchev–Trinajstić information content (AvgIpc) is 3.40. The number of aromatic nitrogens is 3. The van der Waals surface area contributed by atoms with Crippen molar-refractivity contribution in [2.45, 2.75) is 38.1 Å². The summed E-state index contributed by atoms with van der Waals surface area (Å²) in [6, 6.07) is 14.3. The van der Waals surface area contributed by atoms with Crippen LogP contribution < -0.4 is 5.32 Å². The Hall–Kier alpha value is -2.88. The number of nitriles is 1. The van der Waals surface area contributed by atoms with E-state index in [0.717, 1.165) is 36.3 Å². The maximum Gasteiger partial charge on any atom is 0.139 e. The number of hydrogen-bond donors (Lipinski definition) is 2. The molecule has 2 aromatic heterocycles. The lowest BCUT2D eigenvalue weighted by molar-refractivity contribution is 0.145. The molecule has 1 aromatic carbocycles. The van der Waals surface area contributed by atoms with Gasteiger partial charge in [0, 0.05) is 50.3 Å². The van der Waals surface area contributed by atoms with Crippen LogP contribution in [0.5, 0.6) is 0 Å². The summed E-state index contributed by atoms with van der Waals surface area (Å²) >= 11 is 0. The van der Waals surface area contributed by atoms with E-state index in [-0.39, 0.29) is 12.1 Å². The second kappa shape index (κ2) is 8.01. The normalized spacial score (nSPS) is 21.7. The molecule has 1 aliphatic rings. The van der Waals surface area contributed by atoms with Gasteiger partial charge in [-0.25, -0.2) is 4.98 Å². The lowest BCUT2D eigenvalue weighted by Gasteiger charge is -2.16. The van der Waals surface area contributed by atoms with E-state index in [4.69, 9.17) is 5.26 Å². The molecule has 0 spiro atoms. The number of benzene rings is 1. The zero-order chi connectivity index (χ0) is 19.5. The van der Waals surface area contributed by atoms with E-state index in [1.807, 2.05) is 54.5 Å². The molecule has 0 radical (unpaired) electrons. The number of rotatable bonds is 6. The van der Waals surface area contributed by atoms with Gasteiger partial charge in [-0.1, -0.05) is 30.3 Å². The third kappa shape index (κ3) is 3.86. The van der Waals surface area contributed by atoms with Crippen molar-refractivity contribution in [3.8, 4) is 17.5 Å². The highest BCUT2D eigenvalue weighted by molar-refractivity contribution is 5.55. The fraction of sp³-hybridized carbons (Fsp3) is 0.364. The second-order valence-corrected chi connectivity index (χ2v) is 7.62. The standard InChI is InChI=1S/C22H25N5O/c1-26-14-17(9-19(26)12-23)13-25-20-10-16(11-21(20)28)15-27-8-7-24-22(27)18-5-3-2-4-6-18/h2-9,14,16,20-21,25,28H,10-11,13,15H2,1H3/t16?,20-,21-/m1/s1.